The van der Waals surface area contributed by atoms with Gasteiger partial charge < -0.3 is 14.3 Å². The number of aromatic amines is 1. The molecule has 0 saturated heterocycles. The van der Waals surface area contributed by atoms with Gasteiger partial charge in [-0.2, -0.15) is 5.10 Å². The SMILES string of the molecule is Cc1n[nH]c(C)c1CCC(=O)NCCn1ccc2ccoc2c1=O. The van der Waals surface area contributed by atoms with Crippen molar-refractivity contribution in [3.63, 3.8) is 0 Å². The number of pyridine rings is 1. The molecule has 7 heteroatoms. The lowest BCUT2D eigenvalue weighted by Crippen LogP contribution is -2.30. The van der Waals surface area contributed by atoms with E-state index in [2.05, 4.69) is 15.5 Å². The molecule has 0 radical (unpaired) electrons. The van der Waals surface area contributed by atoms with Crippen molar-refractivity contribution in [2.24, 2.45) is 0 Å². The summed E-state index contributed by atoms with van der Waals surface area (Å²) in [5.74, 6) is -0.0397. The molecule has 0 atom stereocenters. The van der Waals surface area contributed by atoms with E-state index in [-0.39, 0.29) is 11.5 Å². The largest absolute Gasteiger partial charge is 0.459 e. The lowest BCUT2D eigenvalue weighted by molar-refractivity contribution is -0.121. The van der Waals surface area contributed by atoms with Gasteiger partial charge in [-0.1, -0.05) is 0 Å². The number of hydrogen-bond donors (Lipinski definition) is 2. The molecule has 3 rings (SSSR count). The predicted octanol–water partition coefficient (Wildman–Crippen LogP) is 1.68. The van der Waals surface area contributed by atoms with E-state index in [4.69, 9.17) is 4.42 Å². The average molecular weight is 328 g/mol. The zero-order chi connectivity index (χ0) is 17.1. The van der Waals surface area contributed by atoms with E-state index in [1.807, 2.05) is 19.9 Å². The van der Waals surface area contributed by atoms with Crippen molar-refractivity contribution in [1.82, 2.24) is 20.1 Å². The molecule has 2 N–H and O–H groups in total. The van der Waals surface area contributed by atoms with Crippen molar-refractivity contribution in [3.05, 3.63) is 51.9 Å². The topological polar surface area (TPSA) is 92.9 Å². The van der Waals surface area contributed by atoms with Gasteiger partial charge in [-0.25, -0.2) is 0 Å². The Morgan fingerprint density at radius 2 is 2.21 bits per heavy atom. The van der Waals surface area contributed by atoms with Gasteiger partial charge in [0.15, 0.2) is 5.58 Å². The molecule has 0 fully saturated rings. The highest BCUT2D eigenvalue weighted by molar-refractivity contribution is 5.76. The zero-order valence-corrected chi connectivity index (χ0v) is 13.8. The van der Waals surface area contributed by atoms with E-state index >= 15 is 0 Å². The smallest absolute Gasteiger partial charge is 0.294 e. The van der Waals surface area contributed by atoms with Crippen LogP contribution in [0.5, 0.6) is 0 Å². The van der Waals surface area contributed by atoms with Crippen LogP contribution < -0.4 is 10.9 Å². The van der Waals surface area contributed by atoms with Crippen LogP contribution in [0.2, 0.25) is 0 Å². The summed E-state index contributed by atoms with van der Waals surface area (Å²) < 4.78 is 6.73. The second kappa shape index (κ2) is 6.74. The second-order valence-electron chi connectivity index (χ2n) is 5.78. The van der Waals surface area contributed by atoms with Crippen LogP contribution in [0.1, 0.15) is 23.4 Å². The maximum atomic E-state index is 12.2. The van der Waals surface area contributed by atoms with Crippen molar-refractivity contribution >= 4 is 16.9 Å². The minimum absolute atomic E-state index is 0.0397. The molecule has 0 bridgehead atoms. The maximum absolute atomic E-state index is 12.2. The van der Waals surface area contributed by atoms with Gasteiger partial charge in [0.05, 0.1) is 12.0 Å². The van der Waals surface area contributed by atoms with Crippen molar-refractivity contribution in [1.29, 1.82) is 0 Å². The summed E-state index contributed by atoms with van der Waals surface area (Å²) in [6.07, 6.45) is 4.26. The van der Waals surface area contributed by atoms with E-state index in [1.54, 1.807) is 12.3 Å². The van der Waals surface area contributed by atoms with Gasteiger partial charge in [-0.05, 0) is 38.0 Å². The van der Waals surface area contributed by atoms with Gasteiger partial charge in [-0.3, -0.25) is 14.7 Å². The molecule has 0 unspecified atom stereocenters. The summed E-state index contributed by atoms with van der Waals surface area (Å²) in [5.41, 5.74) is 3.17. The number of aromatic nitrogens is 3. The van der Waals surface area contributed by atoms with Gasteiger partial charge in [-0.15, -0.1) is 0 Å². The van der Waals surface area contributed by atoms with Gasteiger partial charge in [0.1, 0.15) is 0 Å². The fourth-order valence-electron chi connectivity index (χ4n) is 2.75. The number of H-pyrrole nitrogens is 1. The van der Waals surface area contributed by atoms with Crippen molar-refractivity contribution in [2.75, 3.05) is 6.54 Å². The van der Waals surface area contributed by atoms with Gasteiger partial charge in [0.25, 0.3) is 5.56 Å². The summed E-state index contributed by atoms with van der Waals surface area (Å²) in [5, 5.41) is 10.7. The second-order valence-corrected chi connectivity index (χ2v) is 5.78. The van der Waals surface area contributed by atoms with Gasteiger partial charge >= 0.3 is 0 Å². The molecular weight excluding hydrogens is 308 g/mol. The third-order valence-electron chi connectivity index (χ3n) is 4.14. The first-order chi connectivity index (χ1) is 11.6. The molecule has 3 aromatic rings. The number of carbonyl (C=O) groups is 1. The number of furan rings is 1. The molecule has 3 aromatic heterocycles. The molecule has 0 spiro atoms. The fraction of sp³-hybridized carbons (Fsp3) is 0.353. The Balaban J connectivity index is 1.51. The molecule has 1 amide bonds. The number of rotatable bonds is 6. The molecule has 0 aliphatic carbocycles. The van der Waals surface area contributed by atoms with Crippen molar-refractivity contribution in [2.45, 2.75) is 33.2 Å². The molecule has 3 heterocycles. The average Bonchev–Trinajstić information content (AvgIpc) is 3.15. The first-order valence-corrected chi connectivity index (χ1v) is 7.90. The van der Waals surface area contributed by atoms with Crippen LogP contribution in [-0.2, 0) is 17.8 Å². The number of nitrogens with one attached hydrogen (secondary N) is 2. The van der Waals surface area contributed by atoms with Crippen LogP contribution in [0, 0.1) is 13.8 Å². The van der Waals surface area contributed by atoms with E-state index in [9.17, 15) is 9.59 Å². The van der Waals surface area contributed by atoms with Crippen LogP contribution in [0.25, 0.3) is 11.0 Å². The van der Waals surface area contributed by atoms with Crippen LogP contribution in [0.3, 0.4) is 0 Å². The number of amides is 1. The molecule has 0 aliphatic rings. The molecular formula is C17H20N4O3. The van der Waals surface area contributed by atoms with Crippen molar-refractivity contribution in [3.8, 4) is 0 Å². The normalized spacial score (nSPS) is 11.1. The number of hydrogen-bond acceptors (Lipinski definition) is 4. The Morgan fingerprint density at radius 3 is 2.96 bits per heavy atom. The summed E-state index contributed by atoms with van der Waals surface area (Å²) in [7, 11) is 0. The van der Waals surface area contributed by atoms with E-state index < -0.39 is 0 Å². The number of nitrogens with zero attached hydrogens (tertiary/aromatic N) is 2. The molecule has 0 aliphatic heterocycles. The summed E-state index contributed by atoms with van der Waals surface area (Å²) in [4.78, 5) is 24.1. The fourth-order valence-corrected chi connectivity index (χ4v) is 2.75. The Bertz CT molecular complexity index is 900. The molecule has 7 nitrogen and oxygen atoms in total. The highest BCUT2D eigenvalue weighted by Gasteiger charge is 2.09. The predicted molar refractivity (Wildman–Crippen MR) is 89.9 cm³/mol. The first-order valence-electron chi connectivity index (χ1n) is 7.90. The standard InChI is InChI=1S/C17H20N4O3/c1-11-14(12(2)20-19-11)3-4-15(22)18-7-9-21-8-5-13-6-10-24-16(13)17(21)23/h5-6,8,10H,3-4,7,9H2,1-2H3,(H,18,22)(H,19,20). The Morgan fingerprint density at radius 1 is 1.38 bits per heavy atom. The summed E-state index contributed by atoms with van der Waals surface area (Å²) in [6, 6.07) is 3.58. The molecule has 0 saturated carbocycles. The zero-order valence-electron chi connectivity index (χ0n) is 13.8. The lowest BCUT2D eigenvalue weighted by Gasteiger charge is -2.07. The summed E-state index contributed by atoms with van der Waals surface area (Å²) >= 11 is 0. The van der Waals surface area contributed by atoms with Crippen LogP contribution in [-0.4, -0.2) is 27.2 Å². The Kier molecular flexibility index (Phi) is 4.50. The monoisotopic (exact) mass is 328 g/mol. The minimum Gasteiger partial charge on any atom is -0.459 e. The van der Waals surface area contributed by atoms with Gasteiger partial charge in [0.2, 0.25) is 5.91 Å². The molecule has 0 aromatic carbocycles. The Labute approximate surface area is 138 Å². The van der Waals surface area contributed by atoms with Crippen LogP contribution >= 0.6 is 0 Å². The Hall–Kier alpha value is -2.83. The first kappa shape index (κ1) is 16.0. The highest BCUT2D eigenvalue weighted by atomic mass is 16.3. The van der Waals surface area contributed by atoms with Crippen molar-refractivity contribution < 1.29 is 9.21 Å². The van der Waals surface area contributed by atoms with E-state index in [0.29, 0.717) is 31.5 Å². The van der Waals surface area contributed by atoms with Gasteiger partial charge in [0, 0.05) is 36.8 Å². The van der Waals surface area contributed by atoms with Crippen LogP contribution in [0.4, 0.5) is 0 Å². The third-order valence-corrected chi connectivity index (χ3v) is 4.14. The quantitative estimate of drug-likeness (QED) is 0.720. The van der Waals surface area contributed by atoms with E-state index in [0.717, 1.165) is 22.3 Å². The minimum atomic E-state index is -0.184. The number of carbonyl (C=O) groups excluding carboxylic acids is 1. The molecule has 126 valence electrons. The highest BCUT2D eigenvalue weighted by Crippen LogP contribution is 2.11. The molecule has 24 heavy (non-hydrogen) atoms. The summed E-state index contributed by atoms with van der Waals surface area (Å²) in [6.45, 7) is 4.68. The van der Waals surface area contributed by atoms with Crippen LogP contribution in [0.15, 0.2) is 33.8 Å². The lowest BCUT2D eigenvalue weighted by atomic mass is 10.1. The number of aryl methyl sites for hydroxylation is 2. The number of fused-ring (bicyclic) bond motifs is 1. The van der Waals surface area contributed by atoms with E-state index in [1.165, 1.54) is 10.8 Å². The third kappa shape index (κ3) is 3.24. The maximum Gasteiger partial charge on any atom is 0.294 e.